The molecule has 1 saturated heterocycles. The number of hydrogen-bond acceptors (Lipinski definition) is 7. The van der Waals surface area contributed by atoms with E-state index in [1.807, 2.05) is 77.9 Å². The van der Waals surface area contributed by atoms with Crippen molar-refractivity contribution >= 4 is 29.7 Å². The third kappa shape index (κ3) is 10.9. The molecule has 54 heavy (non-hydrogen) atoms. The van der Waals surface area contributed by atoms with Crippen LogP contribution in [0.1, 0.15) is 107 Å². The number of ether oxygens (including phenoxy) is 4. The molecule has 292 valence electrons. The molecule has 0 radical (unpaired) electrons. The predicted molar refractivity (Wildman–Crippen MR) is 206 cm³/mol. The number of primary amides is 1. The molecule has 0 aromatic heterocycles. The molecule has 3 N–H and O–H groups in total. The number of benzene rings is 3. The smallest absolute Gasteiger partial charge is 0.410 e. The molecule has 3 aromatic rings. The van der Waals surface area contributed by atoms with Gasteiger partial charge in [0.2, 0.25) is 5.91 Å². The van der Waals surface area contributed by atoms with E-state index in [9.17, 15) is 14.4 Å². The zero-order valence-electron chi connectivity index (χ0n) is 32.1. The molecule has 1 unspecified atom stereocenters. The molecule has 3 aromatic carbocycles. The highest BCUT2D eigenvalue weighted by atomic mass is 35.5. The summed E-state index contributed by atoms with van der Waals surface area (Å²) in [6.45, 7) is 12.0. The first kappa shape index (κ1) is 40.8. The molecule has 2 aliphatic rings. The van der Waals surface area contributed by atoms with Crippen molar-refractivity contribution in [3.63, 3.8) is 0 Å². The van der Waals surface area contributed by atoms with E-state index in [0.717, 1.165) is 24.0 Å². The van der Waals surface area contributed by atoms with Crippen molar-refractivity contribution in [2.45, 2.75) is 115 Å². The monoisotopic (exact) mass is 765 g/mol. The lowest BCUT2D eigenvalue weighted by molar-refractivity contribution is 0.00940. The van der Waals surface area contributed by atoms with Gasteiger partial charge in [-0.2, -0.15) is 0 Å². The van der Waals surface area contributed by atoms with Crippen molar-refractivity contribution in [3.8, 4) is 16.9 Å². The third-order valence-corrected chi connectivity index (χ3v) is 9.88. The van der Waals surface area contributed by atoms with E-state index in [1.54, 1.807) is 17.0 Å². The molecule has 12 heteroatoms. The van der Waals surface area contributed by atoms with Crippen molar-refractivity contribution in [1.82, 2.24) is 10.2 Å². The van der Waals surface area contributed by atoms with Gasteiger partial charge in [0.1, 0.15) is 17.8 Å². The lowest BCUT2D eigenvalue weighted by Crippen LogP contribution is -2.49. The van der Waals surface area contributed by atoms with Crippen LogP contribution in [0.25, 0.3) is 11.1 Å². The molecule has 5 rings (SSSR count). The average molecular weight is 766 g/mol. The largest absolute Gasteiger partial charge is 0.488 e. The molecule has 2 atom stereocenters. The quantitative estimate of drug-likeness (QED) is 0.199. The Morgan fingerprint density at radius 3 is 2.22 bits per heavy atom. The summed E-state index contributed by atoms with van der Waals surface area (Å²) < 4.78 is 39.4. The van der Waals surface area contributed by atoms with Crippen molar-refractivity contribution in [2.75, 3.05) is 19.8 Å². The summed E-state index contributed by atoms with van der Waals surface area (Å²) in [6, 6.07) is 17.5. The van der Waals surface area contributed by atoms with Crippen molar-refractivity contribution in [2.24, 2.45) is 5.73 Å². The van der Waals surface area contributed by atoms with Crippen molar-refractivity contribution in [1.29, 1.82) is 0 Å². The third-order valence-electron chi connectivity index (χ3n) is 9.55. The second-order valence-electron chi connectivity index (χ2n) is 16.1. The fraction of sp³-hybridized carbons (Fsp3) is 0.500. The maximum atomic E-state index is 16.5. The van der Waals surface area contributed by atoms with Crippen LogP contribution < -0.4 is 15.8 Å². The number of halogens is 2. The summed E-state index contributed by atoms with van der Waals surface area (Å²) in [4.78, 5) is 41.0. The van der Waals surface area contributed by atoms with Gasteiger partial charge in [-0.25, -0.2) is 14.0 Å². The summed E-state index contributed by atoms with van der Waals surface area (Å²) in [6.07, 6.45) is 3.19. The summed E-state index contributed by atoms with van der Waals surface area (Å²) in [5.74, 6) is -2.03. The van der Waals surface area contributed by atoms with E-state index in [1.165, 1.54) is 12.1 Å². The number of nitrogens with zero attached hydrogens (tertiary/aromatic N) is 1. The Labute approximate surface area is 322 Å². The molecule has 10 nitrogen and oxygen atoms in total. The fourth-order valence-electron chi connectivity index (χ4n) is 7.03. The second-order valence-corrected chi connectivity index (χ2v) is 16.5. The zero-order chi connectivity index (χ0) is 39.2. The van der Waals surface area contributed by atoms with Gasteiger partial charge in [0.25, 0.3) is 0 Å². The van der Waals surface area contributed by atoms with E-state index < -0.39 is 41.0 Å². The highest BCUT2D eigenvalue weighted by molar-refractivity contribution is 6.33. The van der Waals surface area contributed by atoms with Crippen LogP contribution in [0.2, 0.25) is 5.02 Å². The molecule has 1 aliphatic carbocycles. The summed E-state index contributed by atoms with van der Waals surface area (Å²) in [5, 5.41) is 3.19. The predicted octanol–water partition coefficient (Wildman–Crippen LogP) is 9.01. The molecule has 2 fully saturated rings. The lowest BCUT2D eigenvalue weighted by Gasteiger charge is -2.39. The second kappa shape index (κ2) is 17.4. The molecular weight excluding hydrogens is 713 g/mol. The van der Waals surface area contributed by atoms with E-state index >= 15 is 4.39 Å². The average Bonchev–Trinajstić information content (AvgIpc) is 3.62. The van der Waals surface area contributed by atoms with Gasteiger partial charge in [0, 0.05) is 47.3 Å². The number of nitrogens with one attached hydrogen (secondary N) is 1. The Hall–Kier alpha value is -4.35. The van der Waals surface area contributed by atoms with Crippen LogP contribution in [-0.2, 0) is 14.2 Å². The minimum Gasteiger partial charge on any atom is -0.488 e. The SMILES string of the molecule is CC(C)(C)OC(=O)NC1CCC(N(CC(c2ccccc2)c2ccc(Cl)c(-c3c(C(N)=O)ccc(OC[C@@H]4CCCO4)c3F)c2)C(=O)OC(C)(C)C)CC1. The van der Waals surface area contributed by atoms with Gasteiger partial charge in [0.15, 0.2) is 11.6 Å². The van der Waals surface area contributed by atoms with Crippen LogP contribution in [-0.4, -0.2) is 72.1 Å². The zero-order valence-corrected chi connectivity index (χ0v) is 32.8. The molecular formula is C42H53ClFN3O7. The minimum atomic E-state index is -0.816. The number of hydrogen-bond donors (Lipinski definition) is 2. The van der Waals surface area contributed by atoms with Crippen LogP contribution in [0, 0.1) is 5.82 Å². The number of carbonyl (C=O) groups excluding carboxylic acids is 3. The van der Waals surface area contributed by atoms with Gasteiger partial charge >= 0.3 is 12.2 Å². The number of alkyl carbamates (subject to hydrolysis) is 1. The Morgan fingerprint density at radius 2 is 1.61 bits per heavy atom. The van der Waals surface area contributed by atoms with E-state index in [4.69, 9.17) is 36.3 Å². The Bertz CT molecular complexity index is 1780. The first-order chi connectivity index (χ1) is 25.5. The maximum Gasteiger partial charge on any atom is 0.410 e. The summed E-state index contributed by atoms with van der Waals surface area (Å²) in [5.41, 5.74) is 6.21. The molecule has 1 aliphatic heterocycles. The van der Waals surface area contributed by atoms with E-state index in [0.29, 0.717) is 32.3 Å². The molecule has 0 bridgehead atoms. The van der Waals surface area contributed by atoms with Gasteiger partial charge < -0.3 is 34.9 Å². The van der Waals surface area contributed by atoms with Gasteiger partial charge in [-0.15, -0.1) is 0 Å². The lowest BCUT2D eigenvalue weighted by atomic mass is 9.86. The molecule has 0 spiro atoms. The van der Waals surface area contributed by atoms with Gasteiger partial charge in [-0.05, 0) is 115 Å². The Kier molecular flexibility index (Phi) is 13.2. The summed E-state index contributed by atoms with van der Waals surface area (Å²) >= 11 is 6.80. The van der Waals surface area contributed by atoms with Gasteiger partial charge in [-0.3, -0.25) is 4.79 Å². The molecule has 1 saturated carbocycles. The molecule has 3 amide bonds. The van der Waals surface area contributed by atoms with Crippen LogP contribution >= 0.6 is 11.6 Å². The maximum absolute atomic E-state index is 16.5. The summed E-state index contributed by atoms with van der Waals surface area (Å²) in [7, 11) is 0. The standard InChI is InChI=1S/C42H53ClFN3O7/c1-41(2,3)53-39(49)46-28-15-17-29(18-16-28)47(40(50)54-42(4,5)6)24-33(26-11-8-7-9-12-26)27-14-20-34(43)32(23-27)36-31(38(45)48)19-21-35(37(36)44)52-25-30-13-10-22-51-30/h7-9,11-12,14,19-21,23,28-30,33H,10,13,15-18,22,24-25H2,1-6H3,(H2,45,48)(H,46,49)/t28?,29?,30-,33?/m0/s1. The fourth-order valence-corrected chi connectivity index (χ4v) is 7.24. The topological polar surface area (TPSA) is 129 Å². The van der Waals surface area contributed by atoms with Crippen LogP contribution in [0.4, 0.5) is 14.0 Å². The van der Waals surface area contributed by atoms with Gasteiger partial charge in [0.05, 0.1) is 11.7 Å². The number of carbonyl (C=O) groups is 3. The molecule has 1 heterocycles. The first-order valence-electron chi connectivity index (χ1n) is 18.7. The normalized spacial score (nSPS) is 19.4. The number of amides is 3. The van der Waals surface area contributed by atoms with Crippen molar-refractivity contribution in [3.05, 3.63) is 88.2 Å². The van der Waals surface area contributed by atoms with Crippen LogP contribution in [0.3, 0.4) is 0 Å². The van der Waals surface area contributed by atoms with Gasteiger partial charge in [-0.1, -0.05) is 48.0 Å². The van der Waals surface area contributed by atoms with Crippen molar-refractivity contribution < 1.29 is 37.7 Å². The Balaban J connectivity index is 1.50. The van der Waals surface area contributed by atoms with E-state index in [2.05, 4.69) is 5.32 Å². The number of rotatable bonds is 11. The van der Waals surface area contributed by atoms with Crippen LogP contribution in [0.5, 0.6) is 5.75 Å². The minimum absolute atomic E-state index is 0.0422. The first-order valence-corrected chi connectivity index (χ1v) is 19.1. The highest BCUT2D eigenvalue weighted by Crippen LogP contribution is 2.40. The van der Waals surface area contributed by atoms with Crippen LogP contribution in [0.15, 0.2) is 60.7 Å². The number of nitrogens with two attached hydrogens (primary N) is 1. The van der Waals surface area contributed by atoms with E-state index in [-0.39, 0.29) is 58.8 Å². The Morgan fingerprint density at radius 1 is 0.926 bits per heavy atom. The highest BCUT2D eigenvalue weighted by Gasteiger charge is 2.35.